The Morgan fingerprint density at radius 2 is 1.80 bits per heavy atom. The van der Waals surface area contributed by atoms with Gasteiger partial charge in [0.15, 0.2) is 0 Å². The number of carbonyl (C=O) groups excluding carboxylic acids is 1. The number of hydrogen-bond acceptors (Lipinski definition) is 3. The Kier molecular flexibility index (Phi) is 5.75. The Morgan fingerprint density at radius 3 is 2.13 bits per heavy atom. The monoisotopic (exact) mass is 212 g/mol. The lowest BCUT2D eigenvalue weighted by atomic mass is 10.3. The SMILES string of the molecule is C=C(C)COC(C(=O)OC(C)C)=C(C)C. The van der Waals surface area contributed by atoms with Crippen molar-refractivity contribution in [3.8, 4) is 0 Å². The summed E-state index contributed by atoms with van der Waals surface area (Å²) in [4.78, 5) is 11.6. The van der Waals surface area contributed by atoms with Gasteiger partial charge in [-0.05, 0) is 45.8 Å². The number of allylic oxidation sites excluding steroid dienone is 1. The molecule has 0 unspecified atom stereocenters. The molecule has 0 aliphatic carbocycles. The van der Waals surface area contributed by atoms with E-state index in [0.717, 1.165) is 11.1 Å². The molecule has 0 aliphatic rings. The van der Waals surface area contributed by atoms with Gasteiger partial charge in [0.2, 0.25) is 5.76 Å². The quantitative estimate of drug-likeness (QED) is 0.304. The van der Waals surface area contributed by atoms with Crippen LogP contribution in [0.2, 0.25) is 0 Å². The van der Waals surface area contributed by atoms with Gasteiger partial charge in [0.25, 0.3) is 0 Å². The van der Waals surface area contributed by atoms with E-state index in [0.29, 0.717) is 6.61 Å². The number of rotatable bonds is 5. The summed E-state index contributed by atoms with van der Waals surface area (Å²) in [5.41, 5.74) is 1.67. The summed E-state index contributed by atoms with van der Waals surface area (Å²) in [7, 11) is 0. The summed E-state index contributed by atoms with van der Waals surface area (Å²) in [6.45, 7) is 13.1. The van der Waals surface area contributed by atoms with Crippen LogP contribution >= 0.6 is 0 Å². The minimum Gasteiger partial charge on any atom is -0.482 e. The summed E-state index contributed by atoms with van der Waals surface area (Å²) in [6, 6.07) is 0. The average Bonchev–Trinajstić information content (AvgIpc) is 2.01. The second-order valence-corrected chi connectivity index (χ2v) is 4.03. The molecular formula is C12H20O3. The standard InChI is InChI=1S/C12H20O3/c1-8(2)7-14-11(9(3)4)12(13)15-10(5)6/h10H,1,7H2,2-6H3. The van der Waals surface area contributed by atoms with Crippen molar-refractivity contribution in [2.45, 2.75) is 40.7 Å². The van der Waals surface area contributed by atoms with Gasteiger partial charge >= 0.3 is 5.97 Å². The first kappa shape index (κ1) is 13.8. The van der Waals surface area contributed by atoms with Gasteiger partial charge in [0.05, 0.1) is 6.10 Å². The van der Waals surface area contributed by atoms with E-state index in [1.165, 1.54) is 0 Å². The first-order valence-corrected chi connectivity index (χ1v) is 5.00. The Hall–Kier alpha value is -1.25. The zero-order valence-electron chi connectivity index (χ0n) is 10.2. The second kappa shape index (κ2) is 6.27. The topological polar surface area (TPSA) is 35.5 Å². The van der Waals surface area contributed by atoms with Crippen LogP contribution in [-0.2, 0) is 14.3 Å². The molecule has 0 heterocycles. The van der Waals surface area contributed by atoms with Gasteiger partial charge in [0.1, 0.15) is 6.61 Å². The van der Waals surface area contributed by atoms with Crippen LogP contribution in [0.5, 0.6) is 0 Å². The fourth-order valence-corrected chi connectivity index (χ4v) is 0.870. The minimum absolute atomic E-state index is 0.139. The third kappa shape index (κ3) is 5.94. The van der Waals surface area contributed by atoms with Crippen molar-refractivity contribution in [3.05, 3.63) is 23.5 Å². The minimum atomic E-state index is -0.411. The molecule has 0 amide bonds. The summed E-state index contributed by atoms with van der Waals surface area (Å²) < 4.78 is 10.4. The number of esters is 1. The Labute approximate surface area is 91.8 Å². The van der Waals surface area contributed by atoms with E-state index in [-0.39, 0.29) is 11.9 Å². The first-order valence-electron chi connectivity index (χ1n) is 5.00. The third-order valence-electron chi connectivity index (χ3n) is 1.45. The maximum atomic E-state index is 11.6. The molecule has 0 spiro atoms. The molecule has 0 aromatic rings. The van der Waals surface area contributed by atoms with Gasteiger partial charge in [-0.15, -0.1) is 0 Å². The Morgan fingerprint density at radius 1 is 1.27 bits per heavy atom. The molecule has 0 radical (unpaired) electrons. The predicted octanol–water partition coefficient (Wildman–Crippen LogP) is 2.82. The van der Waals surface area contributed by atoms with Gasteiger partial charge in [0, 0.05) is 0 Å². The summed E-state index contributed by atoms with van der Waals surface area (Å²) in [5, 5.41) is 0. The first-order chi connectivity index (χ1) is 6.84. The highest BCUT2D eigenvalue weighted by atomic mass is 16.6. The van der Waals surface area contributed by atoms with Crippen molar-refractivity contribution in [2.75, 3.05) is 6.61 Å². The summed E-state index contributed by atoms with van der Waals surface area (Å²) >= 11 is 0. The van der Waals surface area contributed by atoms with Gasteiger partial charge in [-0.3, -0.25) is 0 Å². The molecular weight excluding hydrogens is 192 g/mol. The van der Waals surface area contributed by atoms with Crippen molar-refractivity contribution in [1.82, 2.24) is 0 Å². The lowest BCUT2D eigenvalue weighted by Gasteiger charge is -2.13. The smallest absolute Gasteiger partial charge is 0.373 e. The van der Waals surface area contributed by atoms with E-state index in [4.69, 9.17) is 9.47 Å². The van der Waals surface area contributed by atoms with Crippen molar-refractivity contribution in [3.63, 3.8) is 0 Å². The fourth-order valence-electron chi connectivity index (χ4n) is 0.870. The Bertz CT molecular complexity index is 271. The van der Waals surface area contributed by atoms with Gasteiger partial charge in [-0.2, -0.15) is 0 Å². The molecule has 0 aromatic heterocycles. The van der Waals surface area contributed by atoms with Crippen LogP contribution in [0.3, 0.4) is 0 Å². The van der Waals surface area contributed by atoms with Gasteiger partial charge < -0.3 is 9.47 Å². The highest BCUT2D eigenvalue weighted by Crippen LogP contribution is 2.10. The van der Waals surface area contributed by atoms with E-state index >= 15 is 0 Å². The highest BCUT2D eigenvalue weighted by Gasteiger charge is 2.15. The van der Waals surface area contributed by atoms with Crippen molar-refractivity contribution >= 4 is 5.97 Å². The van der Waals surface area contributed by atoms with Crippen LogP contribution in [0.1, 0.15) is 34.6 Å². The fraction of sp³-hybridized carbons (Fsp3) is 0.583. The van der Waals surface area contributed by atoms with Crippen molar-refractivity contribution in [2.24, 2.45) is 0 Å². The molecule has 0 aliphatic heterocycles. The molecule has 3 nitrogen and oxygen atoms in total. The summed E-state index contributed by atoms with van der Waals surface area (Å²) in [5.74, 6) is -0.127. The molecule has 0 saturated carbocycles. The predicted molar refractivity (Wildman–Crippen MR) is 60.4 cm³/mol. The summed E-state index contributed by atoms with van der Waals surface area (Å²) in [6.07, 6.45) is -0.139. The molecule has 0 N–H and O–H groups in total. The van der Waals surface area contributed by atoms with Crippen LogP contribution in [0.4, 0.5) is 0 Å². The van der Waals surface area contributed by atoms with E-state index in [1.54, 1.807) is 13.8 Å². The van der Waals surface area contributed by atoms with E-state index in [2.05, 4.69) is 6.58 Å². The average molecular weight is 212 g/mol. The largest absolute Gasteiger partial charge is 0.482 e. The van der Waals surface area contributed by atoms with E-state index in [1.807, 2.05) is 20.8 Å². The van der Waals surface area contributed by atoms with E-state index < -0.39 is 5.97 Å². The lowest BCUT2D eigenvalue weighted by Crippen LogP contribution is -2.17. The number of carbonyl (C=O) groups is 1. The van der Waals surface area contributed by atoms with Crippen molar-refractivity contribution in [1.29, 1.82) is 0 Å². The van der Waals surface area contributed by atoms with Gasteiger partial charge in [-0.25, -0.2) is 4.79 Å². The zero-order valence-corrected chi connectivity index (χ0v) is 10.2. The second-order valence-electron chi connectivity index (χ2n) is 4.03. The third-order valence-corrected chi connectivity index (χ3v) is 1.45. The zero-order chi connectivity index (χ0) is 12.0. The molecule has 86 valence electrons. The van der Waals surface area contributed by atoms with E-state index in [9.17, 15) is 4.79 Å². The van der Waals surface area contributed by atoms with Crippen LogP contribution < -0.4 is 0 Å². The van der Waals surface area contributed by atoms with Crippen LogP contribution in [-0.4, -0.2) is 18.7 Å². The van der Waals surface area contributed by atoms with Crippen LogP contribution in [0.15, 0.2) is 23.5 Å². The normalized spacial score (nSPS) is 9.73. The molecule has 15 heavy (non-hydrogen) atoms. The maximum Gasteiger partial charge on any atom is 0.373 e. The van der Waals surface area contributed by atoms with Gasteiger partial charge in [-0.1, -0.05) is 6.58 Å². The highest BCUT2D eigenvalue weighted by molar-refractivity contribution is 5.87. The molecule has 0 fully saturated rings. The number of ether oxygens (including phenoxy) is 2. The molecule has 0 rings (SSSR count). The van der Waals surface area contributed by atoms with Crippen molar-refractivity contribution < 1.29 is 14.3 Å². The Balaban J connectivity index is 4.49. The molecule has 0 aromatic carbocycles. The molecule has 3 heteroatoms. The van der Waals surface area contributed by atoms with Crippen LogP contribution in [0.25, 0.3) is 0 Å². The molecule has 0 saturated heterocycles. The van der Waals surface area contributed by atoms with Crippen LogP contribution in [0, 0.1) is 0 Å². The maximum absolute atomic E-state index is 11.6. The molecule has 0 atom stereocenters. The number of hydrogen-bond donors (Lipinski definition) is 0. The lowest BCUT2D eigenvalue weighted by molar-refractivity contribution is -0.146. The molecule has 0 bridgehead atoms.